The van der Waals surface area contributed by atoms with Crippen molar-refractivity contribution in [1.82, 2.24) is 24.5 Å². The number of hydrogen-bond donors (Lipinski definition) is 0. The average molecular weight is 287 g/mol. The zero-order chi connectivity index (χ0) is 14.8. The van der Waals surface area contributed by atoms with E-state index >= 15 is 0 Å². The number of aromatic nitrogens is 5. The standard InChI is InChI=1S/C17H13N5/c1-2-4-13(5-3-1)10-22-12-21-16-15(19-11-20-17(16)22)14-6-8-18-9-7-14/h1-9,11-12H,10H2. The van der Waals surface area contributed by atoms with E-state index in [1.807, 2.05) is 41.2 Å². The number of imidazole rings is 1. The van der Waals surface area contributed by atoms with Gasteiger partial charge in [0.1, 0.15) is 17.5 Å². The number of nitrogens with zero attached hydrogens (tertiary/aromatic N) is 5. The Morgan fingerprint density at radius 3 is 2.50 bits per heavy atom. The third kappa shape index (κ3) is 2.22. The summed E-state index contributed by atoms with van der Waals surface area (Å²) in [6.45, 7) is 0.740. The summed E-state index contributed by atoms with van der Waals surface area (Å²) in [6.07, 6.45) is 6.91. The molecule has 0 amide bonds. The van der Waals surface area contributed by atoms with Gasteiger partial charge in [-0.1, -0.05) is 30.3 Å². The topological polar surface area (TPSA) is 56.5 Å². The molecular formula is C17H13N5. The van der Waals surface area contributed by atoms with Gasteiger partial charge in [0.15, 0.2) is 5.65 Å². The molecule has 0 atom stereocenters. The van der Waals surface area contributed by atoms with E-state index < -0.39 is 0 Å². The lowest BCUT2D eigenvalue weighted by molar-refractivity contribution is 0.813. The molecule has 4 rings (SSSR count). The van der Waals surface area contributed by atoms with E-state index in [0.29, 0.717) is 0 Å². The monoisotopic (exact) mass is 287 g/mol. The van der Waals surface area contributed by atoms with Crippen LogP contribution in [0.4, 0.5) is 0 Å². The van der Waals surface area contributed by atoms with Crippen LogP contribution < -0.4 is 0 Å². The fourth-order valence-corrected chi connectivity index (χ4v) is 2.50. The Kier molecular flexibility index (Phi) is 3.08. The van der Waals surface area contributed by atoms with Crippen LogP contribution in [0, 0.1) is 0 Å². The van der Waals surface area contributed by atoms with E-state index in [4.69, 9.17) is 0 Å². The normalized spacial score (nSPS) is 10.9. The highest BCUT2D eigenvalue weighted by Crippen LogP contribution is 2.23. The fraction of sp³-hybridized carbons (Fsp3) is 0.0588. The zero-order valence-corrected chi connectivity index (χ0v) is 11.8. The van der Waals surface area contributed by atoms with Gasteiger partial charge in [-0.3, -0.25) is 4.98 Å². The molecule has 0 aliphatic carbocycles. The summed E-state index contributed by atoms with van der Waals surface area (Å²) in [5, 5.41) is 0. The van der Waals surface area contributed by atoms with Crippen molar-refractivity contribution in [2.24, 2.45) is 0 Å². The van der Waals surface area contributed by atoms with Crippen molar-refractivity contribution in [2.75, 3.05) is 0 Å². The first kappa shape index (κ1) is 12.6. The number of fused-ring (bicyclic) bond motifs is 1. The lowest BCUT2D eigenvalue weighted by Crippen LogP contribution is -1.99. The van der Waals surface area contributed by atoms with Gasteiger partial charge in [-0.25, -0.2) is 15.0 Å². The molecule has 3 aromatic heterocycles. The van der Waals surface area contributed by atoms with Gasteiger partial charge in [0.05, 0.1) is 12.9 Å². The molecule has 0 unspecified atom stereocenters. The summed E-state index contributed by atoms with van der Waals surface area (Å²) in [4.78, 5) is 17.3. The second-order valence-corrected chi connectivity index (χ2v) is 4.99. The van der Waals surface area contributed by atoms with Gasteiger partial charge in [0, 0.05) is 18.0 Å². The minimum atomic E-state index is 0.740. The highest BCUT2D eigenvalue weighted by Gasteiger charge is 2.11. The molecule has 0 N–H and O–H groups in total. The molecule has 3 heterocycles. The predicted octanol–water partition coefficient (Wildman–Crippen LogP) is 2.94. The molecule has 0 bridgehead atoms. The molecular weight excluding hydrogens is 274 g/mol. The average Bonchev–Trinajstić information content (AvgIpc) is 3.00. The van der Waals surface area contributed by atoms with Crippen molar-refractivity contribution in [1.29, 1.82) is 0 Å². The van der Waals surface area contributed by atoms with Crippen molar-refractivity contribution >= 4 is 11.2 Å². The summed E-state index contributed by atoms with van der Waals surface area (Å²) >= 11 is 0. The second-order valence-electron chi connectivity index (χ2n) is 4.99. The Balaban J connectivity index is 1.80. The van der Waals surface area contributed by atoms with Crippen molar-refractivity contribution in [3.8, 4) is 11.3 Å². The molecule has 5 nitrogen and oxygen atoms in total. The summed E-state index contributed by atoms with van der Waals surface area (Å²) in [5.74, 6) is 0. The highest BCUT2D eigenvalue weighted by atomic mass is 15.1. The lowest BCUT2D eigenvalue weighted by Gasteiger charge is -2.04. The minimum Gasteiger partial charge on any atom is -0.311 e. The van der Waals surface area contributed by atoms with Crippen LogP contribution in [-0.2, 0) is 6.54 Å². The minimum absolute atomic E-state index is 0.740. The smallest absolute Gasteiger partial charge is 0.164 e. The largest absolute Gasteiger partial charge is 0.311 e. The molecule has 22 heavy (non-hydrogen) atoms. The van der Waals surface area contributed by atoms with Crippen LogP contribution in [0.1, 0.15) is 5.56 Å². The molecule has 4 aromatic rings. The maximum atomic E-state index is 4.51. The van der Waals surface area contributed by atoms with Crippen LogP contribution in [0.5, 0.6) is 0 Å². The molecule has 0 aliphatic heterocycles. The van der Waals surface area contributed by atoms with Crippen molar-refractivity contribution in [3.05, 3.63) is 73.1 Å². The maximum absolute atomic E-state index is 4.51. The first-order valence-electron chi connectivity index (χ1n) is 7.02. The molecule has 0 radical (unpaired) electrons. The zero-order valence-electron chi connectivity index (χ0n) is 11.8. The van der Waals surface area contributed by atoms with Crippen molar-refractivity contribution in [3.63, 3.8) is 0 Å². The van der Waals surface area contributed by atoms with Gasteiger partial charge < -0.3 is 4.57 Å². The van der Waals surface area contributed by atoms with Crippen LogP contribution in [-0.4, -0.2) is 24.5 Å². The second kappa shape index (κ2) is 5.37. The molecule has 0 fully saturated rings. The Morgan fingerprint density at radius 2 is 1.68 bits per heavy atom. The third-order valence-corrected chi connectivity index (χ3v) is 3.55. The molecule has 106 valence electrons. The van der Waals surface area contributed by atoms with Crippen LogP contribution in [0.2, 0.25) is 0 Å². The van der Waals surface area contributed by atoms with Crippen molar-refractivity contribution in [2.45, 2.75) is 6.54 Å². The van der Waals surface area contributed by atoms with E-state index in [9.17, 15) is 0 Å². The Bertz CT molecular complexity index is 900. The molecule has 5 heteroatoms. The molecule has 0 saturated heterocycles. The predicted molar refractivity (Wildman–Crippen MR) is 84.1 cm³/mol. The molecule has 1 aromatic carbocycles. The number of pyridine rings is 1. The Morgan fingerprint density at radius 1 is 0.864 bits per heavy atom. The number of hydrogen-bond acceptors (Lipinski definition) is 4. The van der Waals surface area contributed by atoms with Gasteiger partial charge >= 0.3 is 0 Å². The van der Waals surface area contributed by atoms with Gasteiger partial charge in [-0.05, 0) is 17.7 Å². The van der Waals surface area contributed by atoms with Crippen LogP contribution >= 0.6 is 0 Å². The fourth-order valence-electron chi connectivity index (χ4n) is 2.50. The van der Waals surface area contributed by atoms with Crippen LogP contribution in [0.3, 0.4) is 0 Å². The van der Waals surface area contributed by atoms with Crippen LogP contribution in [0.15, 0.2) is 67.5 Å². The SMILES string of the molecule is c1ccc(Cn2cnc3c(-c4ccncc4)ncnc32)cc1. The molecule has 0 aliphatic rings. The highest BCUT2D eigenvalue weighted by molar-refractivity contribution is 5.86. The van der Waals surface area contributed by atoms with E-state index in [1.165, 1.54) is 5.56 Å². The van der Waals surface area contributed by atoms with Gasteiger partial charge in [0.2, 0.25) is 0 Å². The maximum Gasteiger partial charge on any atom is 0.164 e. The number of benzene rings is 1. The molecule has 0 saturated carbocycles. The first-order valence-corrected chi connectivity index (χ1v) is 7.02. The third-order valence-electron chi connectivity index (χ3n) is 3.55. The van der Waals surface area contributed by atoms with Gasteiger partial charge in [-0.2, -0.15) is 0 Å². The summed E-state index contributed by atoms with van der Waals surface area (Å²) in [5.41, 5.74) is 4.69. The summed E-state index contributed by atoms with van der Waals surface area (Å²) < 4.78 is 2.04. The Hall–Kier alpha value is -3.08. The molecule has 0 spiro atoms. The summed E-state index contributed by atoms with van der Waals surface area (Å²) in [6, 6.07) is 14.1. The first-order chi connectivity index (χ1) is 10.9. The van der Waals surface area contributed by atoms with E-state index in [1.54, 1.807) is 18.7 Å². The van der Waals surface area contributed by atoms with E-state index in [0.717, 1.165) is 29.0 Å². The summed E-state index contributed by atoms with van der Waals surface area (Å²) in [7, 11) is 0. The van der Waals surface area contributed by atoms with Crippen LogP contribution in [0.25, 0.3) is 22.4 Å². The van der Waals surface area contributed by atoms with E-state index in [2.05, 4.69) is 32.1 Å². The van der Waals surface area contributed by atoms with E-state index in [-0.39, 0.29) is 0 Å². The van der Waals surface area contributed by atoms with Crippen molar-refractivity contribution < 1.29 is 0 Å². The Labute approximate surface area is 127 Å². The lowest BCUT2D eigenvalue weighted by atomic mass is 10.2. The van der Waals surface area contributed by atoms with Gasteiger partial charge in [0.25, 0.3) is 0 Å². The van der Waals surface area contributed by atoms with Gasteiger partial charge in [-0.15, -0.1) is 0 Å². The number of rotatable bonds is 3. The quantitative estimate of drug-likeness (QED) is 0.581.